The highest BCUT2D eigenvalue weighted by atomic mass is 35.5. The Morgan fingerprint density at radius 3 is 2.45 bits per heavy atom. The van der Waals surface area contributed by atoms with Crippen LogP contribution in [0.25, 0.3) is 0 Å². The first kappa shape index (κ1) is 26.2. The molecule has 1 N–H and O–H groups in total. The number of ether oxygens (including phenoxy) is 2. The maximum absolute atomic E-state index is 12.8. The van der Waals surface area contributed by atoms with E-state index >= 15 is 0 Å². The number of rotatable bonds is 9. The lowest BCUT2D eigenvalue weighted by molar-refractivity contribution is -0.386. The minimum absolute atomic E-state index is 0.0583. The largest absolute Gasteiger partial charge is 0.479 e. The molecule has 1 amide bonds. The lowest BCUT2D eigenvalue weighted by atomic mass is 10.2. The van der Waals surface area contributed by atoms with E-state index < -0.39 is 15.8 Å². The molecule has 38 heavy (non-hydrogen) atoms. The van der Waals surface area contributed by atoms with Crippen LogP contribution < -0.4 is 14.8 Å². The number of carbonyl (C=O) groups is 1. The van der Waals surface area contributed by atoms with E-state index in [1.54, 1.807) is 38.1 Å². The van der Waals surface area contributed by atoms with Crippen LogP contribution in [0.3, 0.4) is 0 Å². The lowest BCUT2D eigenvalue weighted by Gasteiger charge is -2.10. The summed E-state index contributed by atoms with van der Waals surface area (Å²) in [5.74, 6) is 0.0727. The Labute approximate surface area is 220 Å². The first-order chi connectivity index (χ1) is 18.1. The molecule has 0 atom stereocenters. The highest BCUT2D eigenvalue weighted by Gasteiger charge is 2.18. The van der Waals surface area contributed by atoms with Gasteiger partial charge in [-0.15, -0.1) is 0 Å². The van der Waals surface area contributed by atoms with Gasteiger partial charge in [0.1, 0.15) is 23.9 Å². The summed E-state index contributed by atoms with van der Waals surface area (Å²) in [4.78, 5) is 34.3. The maximum atomic E-state index is 12.8. The molecule has 1 heterocycles. The lowest BCUT2D eigenvalue weighted by Crippen LogP contribution is -2.11. The monoisotopic (exact) mass is 537 g/mol. The first-order valence-electron chi connectivity index (χ1n) is 11.1. The van der Waals surface area contributed by atoms with E-state index in [4.69, 9.17) is 25.5 Å². The zero-order valence-electron chi connectivity index (χ0n) is 20.1. The highest BCUT2D eigenvalue weighted by Crippen LogP contribution is 2.32. The van der Waals surface area contributed by atoms with Gasteiger partial charge in [0.25, 0.3) is 11.6 Å². The van der Waals surface area contributed by atoms with Crippen molar-refractivity contribution in [3.05, 3.63) is 115 Å². The molecule has 0 saturated heterocycles. The number of nitrogens with one attached hydrogen (secondary N) is 1. The van der Waals surface area contributed by atoms with Gasteiger partial charge in [-0.3, -0.25) is 25.0 Å². The van der Waals surface area contributed by atoms with Crippen LogP contribution in [0.2, 0.25) is 5.02 Å². The molecule has 0 aliphatic carbocycles. The van der Waals surface area contributed by atoms with Crippen LogP contribution in [0.15, 0.2) is 71.1 Å². The van der Waals surface area contributed by atoms with Gasteiger partial charge in [0.05, 0.1) is 21.6 Å². The zero-order chi connectivity index (χ0) is 27.4. The SMILES string of the molecule is Cc1ccc(OCc2ccc(C(=O)Nc3cc(Oc4ccc(Cl)c(C)c4)cc([N+](=O)[O-])c3)o2)c([N+](=O)[O-])c1. The number of non-ortho nitro benzene ring substituents is 1. The number of carbonyl (C=O) groups excluding carboxylic acids is 1. The predicted molar refractivity (Wildman–Crippen MR) is 138 cm³/mol. The molecule has 11 nitrogen and oxygen atoms in total. The molecule has 0 fully saturated rings. The van der Waals surface area contributed by atoms with Gasteiger partial charge < -0.3 is 19.2 Å². The normalized spacial score (nSPS) is 10.6. The van der Waals surface area contributed by atoms with Crippen molar-refractivity contribution in [1.29, 1.82) is 0 Å². The molecular weight excluding hydrogens is 518 g/mol. The van der Waals surface area contributed by atoms with Crippen LogP contribution in [0.1, 0.15) is 27.4 Å². The molecule has 0 spiro atoms. The number of nitrogens with zero attached hydrogens (tertiary/aromatic N) is 2. The number of benzene rings is 3. The molecular formula is C26H20ClN3O8. The Balaban J connectivity index is 1.48. The Morgan fingerprint density at radius 2 is 1.74 bits per heavy atom. The fraction of sp³-hybridized carbons (Fsp3) is 0.115. The Hall–Kier alpha value is -4.90. The number of halogens is 1. The Morgan fingerprint density at radius 1 is 0.947 bits per heavy atom. The first-order valence-corrected chi connectivity index (χ1v) is 11.5. The molecule has 0 aliphatic heterocycles. The molecule has 4 rings (SSSR count). The van der Waals surface area contributed by atoms with Crippen LogP contribution >= 0.6 is 11.6 Å². The summed E-state index contributed by atoms with van der Waals surface area (Å²) in [6.45, 7) is 3.36. The molecule has 12 heteroatoms. The second-order valence-corrected chi connectivity index (χ2v) is 8.63. The molecule has 4 aromatic rings. The van der Waals surface area contributed by atoms with Crippen molar-refractivity contribution in [3.63, 3.8) is 0 Å². The minimum Gasteiger partial charge on any atom is -0.479 e. The molecule has 0 aliphatic rings. The third-order valence-corrected chi connectivity index (χ3v) is 5.72. The van der Waals surface area contributed by atoms with Crippen LogP contribution in [0.4, 0.5) is 17.1 Å². The number of hydrogen-bond donors (Lipinski definition) is 1. The van der Waals surface area contributed by atoms with Gasteiger partial charge in [0.2, 0.25) is 0 Å². The zero-order valence-corrected chi connectivity index (χ0v) is 20.9. The molecule has 0 bridgehead atoms. The van der Waals surface area contributed by atoms with E-state index in [1.165, 1.54) is 42.5 Å². The van der Waals surface area contributed by atoms with Crippen molar-refractivity contribution in [1.82, 2.24) is 0 Å². The molecule has 0 unspecified atom stereocenters. The third-order valence-electron chi connectivity index (χ3n) is 5.29. The Kier molecular flexibility index (Phi) is 7.58. The van der Waals surface area contributed by atoms with Crippen LogP contribution in [0, 0.1) is 34.1 Å². The molecule has 0 radical (unpaired) electrons. The summed E-state index contributed by atoms with van der Waals surface area (Å²) < 4.78 is 16.8. The third kappa shape index (κ3) is 6.26. The van der Waals surface area contributed by atoms with Crippen molar-refractivity contribution in [2.75, 3.05) is 5.32 Å². The molecule has 3 aromatic carbocycles. The number of hydrogen-bond acceptors (Lipinski definition) is 8. The summed E-state index contributed by atoms with van der Waals surface area (Å²) >= 11 is 6.03. The second kappa shape index (κ2) is 11.0. The predicted octanol–water partition coefficient (Wildman–Crippen LogP) is 6.99. The average Bonchev–Trinajstić information content (AvgIpc) is 3.34. The van der Waals surface area contributed by atoms with Crippen LogP contribution in [-0.2, 0) is 6.61 Å². The van der Waals surface area contributed by atoms with Crippen molar-refractivity contribution < 1.29 is 28.5 Å². The van der Waals surface area contributed by atoms with E-state index in [2.05, 4.69) is 5.32 Å². The second-order valence-electron chi connectivity index (χ2n) is 8.22. The summed E-state index contributed by atoms with van der Waals surface area (Å²) in [6.07, 6.45) is 0. The minimum atomic E-state index is -0.675. The van der Waals surface area contributed by atoms with Crippen LogP contribution in [-0.4, -0.2) is 15.8 Å². The molecule has 194 valence electrons. The fourth-order valence-corrected chi connectivity index (χ4v) is 3.57. The number of aryl methyl sites for hydroxylation is 2. The number of amides is 1. The smallest absolute Gasteiger partial charge is 0.311 e. The van der Waals surface area contributed by atoms with Crippen molar-refractivity contribution in [2.45, 2.75) is 20.5 Å². The van der Waals surface area contributed by atoms with E-state index in [0.717, 1.165) is 5.56 Å². The van der Waals surface area contributed by atoms with E-state index in [-0.39, 0.29) is 46.7 Å². The van der Waals surface area contributed by atoms with Gasteiger partial charge in [-0.1, -0.05) is 17.7 Å². The van der Waals surface area contributed by atoms with Gasteiger partial charge in [-0.2, -0.15) is 0 Å². The van der Waals surface area contributed by atoms with Crippen molar-refractivity contribution >= 4 is 34.6 Å². The Bertz CT molecular complexity index is 1550. The van der Waals surface area contributed by atoms with Crippen LogP contribution in [0.5, 0.6) is 17.2 Å². The number of nitro groups is 2. The average molecular weight is 538 g/mol. The highest BCUT2D eigenvalue weighted by molar-refractivity contribution is 6.31. The van der Waals surface area contributed by atoms with E-state index in [9.17, 15) is 25.0 Å². The molecule has 0 saturated carbocycles. The van der Waals surface area contributed by atoms with Gasteiger partial charge >= 0.3 is 5.69 Å². The van der Waals surface area contributed by atoms with E-state index in [0.29, 0.717) is 16.3 Å². The summed E-state index contributed by atoms with van der Waals surface area (Å²) in [5, 5.41) is 25.8. The summed E-state index contributed by atoms with van der Waals surface area (Å²) in [6, 6.07) is 16.2. The van der Waals surface area contributed by atoms with Crippen molar-refractivity contribution in [3.8, 4) is 17.2 Å². The topological polar surface area (TPSA) is 147 Å². The molecule has 1 aromatic heterocycles. The van der Waals surface area contributed by atoms with Gasteiger partial charge in [-0.05, 0) is 61.4 Å². The van der Waals surface area contributed by atoms with Crippen molar-refractivity contribution in [2.24, 2.45) is 0 Å². The van der Waals surface area contributed by atoms with E-state index in [1.807, 2.05) is 0 Å². The number of anilines is 1. The summed E-state index contributed by atoms with van der Waals surface area (Å²) in [5.41, 5.74) is 1.09. The van der Waals surface area contributed by atoms with Gasteiger partial charge in [-0.25, -0.2) is 0 Å². The number of nitro benzene ring substituents is 2. The fourth-order valence-electron chi connectivity index (χ4n) is 3.45. The quantitative estimate of drug-likeness (QED) is 0.177. The maximum Gasteiger partial charge on any atom is 0.311 e. The number of furan rings is 1. The summed E-state index contributed by atoms with van der Waals surface area (Å²) in [7, 11) is 0. The van der Waals surface area contributed by atoms with Gasteiger partial charge in [0, 0.05) is 23.2 Å². The van der Waals surface area contributed by atoms with Gasteiger partial charge in [0.15, 0.2) is 11.5 Å². The standard InChI is InChI=1S/C26H20ClN3O8/c1-15-3-7-24(23(9-15)30(34)35)36-14-20-5-8-25(38-20)26(31)28-17-11-18(29(32)33)13-21(12-17)37-19-4-6-22(27)16(2)10-19/h3-13H,14H2,1-2H3,(H,28,31).